The molecular weight excluding hydrogens is 302 g/mol. The Morgan fingerprint density at radius 2 is 1.83 bits per heavy atom. The Labute approximate surface area is 140 Å². The number of nitrogens with one attached hydrogen (secondary N) is 1. The average Bonchev–Trinajstić information content (AvgIpc) is 2.58. The quantitative estimate of drug-likeness (QED) is 0.783. The van der Waals surface area contributed by atoms with Gasteiger partial charge in [-0.1, -0.05) is 42.5 Å². The lowest BCUT2D eigenvalue weighted by Crippen LogP contribution is -2.38. The van der Waals surface area contributed by atoms with E-state index in [0.29, 0.717) is 10.9 Å². The topological polar surface area (TPSA) is 64.0 Å². The van der Waals surface area contributed by atoms with Gasteiger partial charge in [-0.2, -0.15) is 0 Å². The summed E-state index contributed by atoms with van der Waals surface area (Å²) in [6.45, 7) is 1.92. The van der Waals surface area contributed by atoms with E-state index in [0.717, 1.165) is 12.0 Å². The van der Waals surface area contributed by atoms with Crippen LogP contribution >= 0.6 is 0 Å². The number of carbonyl (C=O) groups excluding carboxylic acids is 1. The van der Waals surface area contributed by atoms with Crippen LogP contribution in [0.1, 0.15) is 12.5 Å². The maximum atomic E-state index is 12.4. The lowest BCUT2D eigenvalue weighted by Gasteiger charge is -2.14. The van der Waals surface area contributed by atoms with Gasteiger partial charge >= 0.3 is 0 Å². The molecule has 0 aliphatic heterocycles. The van der Waals surface area contributed by atoms with Crippen LogP contribution in [0.3, 0.4) is 0 Å². The molecule has 1 N–H and O–H groups in total. The Morgan fingerprint density at radius 3 is 2.62 bits per heavy atom. The van der Waals surface area contributed by atoms with Gasteiger partial charge in [0.1, 0.15) is 6.54 Å². The number of rotatable bonds is 5. The van der Waals surface area contributed by atoms with Crippen LogP contribution in [0.5, 0.6) is 0 Å². The second-order valence-electron chi connectivity index (χ2n) is 5.85. The molecule has 3 rings (SSSR count). The molecule has 2 aromatic carbocycles. The molecule has 0 saturated heterocycles. The second kappa shape index (κ2) is 7.08. The van der Waals surface area contributed by atoms with Crippen molar-refractivity contribution >= 4 is 16.8 Å². The zero-order valence-electron chi connectivity index (χ0n) is 13.5. The summed E-state index contributed by atoms with van der Waals surface area (Å²) in [7, 11) is 0. The number of para-hydroxylation sites is 1. The average molecular weight is 321 g/mol. The van der Waals surface area contributed by atoms with E-state index in [9.17, 15) is 9.59 Å². The fourth-order valence-electron chi connectivity index (χ4n) is 2.71. The van der Waals surface area contributed by atoms with E-state index in [1.54, 1.807) is 18.2 Å². The van der Waals surface area contributed by atoms with Gasteiger partial charge in [0.15, 0.2) is 0 Å². The molecule has 24 heavy (non-hydrogen) atoms. The minimum Gasteiger partial charge on any atom is -0.352 e. The first kappa shape index (κ1) is 15.9. The lowest BCUT2D eigenvalue weighted by atomic mass is 10.1. The SMILES string of the molecule is C[C@H](Cc1ccccc1)NC(=O)Cn1cnc2ccccc2c1=O. The molecule has 0 saturated carbocycles. The standard InChI is InChI=1S/C19H19N3O2/c1-14(11-15-7-3-2-4-8-15)21-18(23)12-22-13-20-17-10-6-5-9-16(17)19(22)24/h2-10,13-14H,11-12H2,1H3,(H,21,23)/t14-/m1/s1. The van der Waals surface area contributed by atoms with E-state index in [4.69, 9.17) is 0 Å². The third-order valence-corrected chi connectivity index (χ3v) is 3.84. The van der Waals surface area contributed by atoms with Gasteiger partial charge in [0.2, 0.25) is 5.91 Å². The van der Waals surface area contributed by atoms with Crippen LogP contribution in [0.25, 0.3) is 10.9 Å². The van der Waals surface area contributed by atoms with Crippen molar-refractivity contribution in [3.63, 3.8) is 0 Å². The lowest BCUT2D eigenvalue weighted by molar-refractivity contribution is -0.122. The molecule has 0 spiro atoms. The van der Waals surface area contributed by atoms with Crippen molar-refractivity contribution in [3.8, 4) is 0 Å². The van der Waals surface area contributed by atoms with E-state index in [-0.39, 0.29) is 24.1 Å². The van der Waals surface area contributed by atoms with Gasteiger partial charge in [0.05, 0.1) is 17.2 Å². The van der Waals surface area contributed by atoms with Crippen LogP contribution in [-0.2, 0) is 17.8 Å². The number of hydrogen-bond donors (Lipinski definition) is 1. The number of nitrogens with zero attached hydrogens (tertiary/aromatic N) is 2. The van der Waals surface area contributed by atoms with Gasteiger partial charge in [0.25, 0.3) is 5.56 Å². The molecule has 0 aliphatic rings. The van der Waals surface area contributed by atoms with Crippen molar-refractivity contribution in [2.45, 2.75) is 25.9 Å². The summed E-state index contributed by atoms with van der Waals surface area (Å²) >= 11 is 0. The number of aromatic nitrogens is 2. The Balaban J connectivity index is 1.67. The molecule has 1 atom stereocenters. The third-order valence-electron chi connectivity index (χ3n) is 3.84. The maximum Gasteiger partial charge on any atom is 0.261 e. The maximum absolute atomic E-state index is 12.4. The van der Waals surface area contributed by atoms with Gasteiger partial charge in [-0.15, -0.1) is 0 Å². The summed E-state index contributed by atoms with van der Waals surface area (Å²) in [6, 6.07) is 17.1. The smallest absolute Gasteiger partial charge is 0.261 e. The monoisotopic (exact) mass is 321 g/mol. The number of amides is 1. The molecule has 5 heteroatoms. The Hall–Kier alpha value is -2.95. The molecule has 1 heterocycles. The molecular formula is C19H19N3O2. The van der Waals surface area contributed by atoms with Gasteiger partial charge in [-0.05, 0) is 31.0 Å². The second-order valence-corrected chi connectivity index (χ2v) is 5.85. The molecule has 5 nitrogen and oxygen atoms in total. The highest BCUT2D eigenvalue weighted by molar-refractivity contribution is 5.79. The van der Waals surface area contributed by atoms with Gasteiger partial charge in [-0.3, -0.25) is 14.2 Å². The van der Waals surface area contributed by atoms with E-state index in [2.05, 4.69) is 10.3 Å². The van der Waals surface area contributed by atoms with Crippen molar-refractivity contribution < 1.29 is 4.79 Å². The Morgan fingerprint density at radius 1 is 1.12 bits per heavy atom. The zero-order chi connectivity index (χ0) is 16.9. The molecule has 0 unspecified atom stereocenters. The molecule has 0 bridgehead atoms. The first-order valence-corrected chi connectivity index (χ1v) is 7.91. The molecule has 3 aromatic rings. The van der Waals surface area contributed by atoms with Crippen LogP contribution in [0.15, 0.2) is 65.7 Å². The van der Waals surface area contributed by atoms with Crippen molar-refractivity contribution in [1.29, 1.82) is 0 Å². The largest absolute Gasteiger partial charge is 0.352 e. The van der Waals surface area contributed by atoms with Crippen LogP contribution < -0.4 is 10.9 Å². The van der Waals surface area contributed by atoms with Crippen LogP contribution in [0.4, 0.5) is 0 Å². The number of fused-ring (bicyclic) bond motifs is 1. The third kappa shape index (κ3) is 3.68. The van der Waals surface area contributed by atoms with E-state index < -0.39 is 0 Å². The van der Waals surface area contributed by atoms with Crippen LogP contribution in [-0.4, -0.2) is 21.5 Å². The number of carbonyl (C=O) groups is 1. The summed E-state index contributed by atoms with van der Waals surface area (Å²) in [5, 5.41) is 3.44. The van der Waals surface area contributed by atoms with E-state index in [1.807, 2.05) is 43.3 Å². The van der Waals surface area contributed by atoms with Gasteiger partial charge < -0.3 is 5.32 Å². The fraction of sp³-hybridized carbons (Fsp3) is 0.211. The van der Waals surface area contributed by atoms with Gasteiger partial charge in [-0.25, -0.2) is 4.98 Å². The first-order chi connectivity index (χ1) is 11.6. The van der Waals surface area contributed by atoms with Crippen molar-refractivity contribution in [2.24, 2.45) is 0 Å². The minimum absolute atomic E-state index is 0.0102. The van der Waals surface area contributed by atoms with Crippen LogP contribution in [0, 0.1) is 0 Å². The first-order valence-electron chi connectivity index (χ1n) is 7.91. The molecule has 122 valence electrons. The zero-order valence-corrected chi connectivity index (χ0v) is 13.5. The predicted molar refractivity (Wildman–Crippen MR) is 93.8 cm³/mol. The molecule has 1 amide bonds. The molecule has 0 fully saturated rings. The van der Waals surface area contributed by atoms with Crippen LogP contribution in [0.2, 0.25) is 0 Å². The normalized spacial score (nSPS) is 12.0. The Bertz CT molecular complexity index is 903. The van der Waals surface area contributed by atoms with Gasteiger partial charge in [0, 0.05) is 6.04 Å². The molecule has 1 aromatic heterocycles. The van der Waals surface area contributed by atoms with E-state index in [1.165, 1.54) is 10.9 Å². The number of benzene rings is 2. The summed E-state index contributed by atoms with van der Waals surface area (Å²) in [4.78, 5) is 28.8. The van der Waals surface area contributed by atoms with E-state index >= 15 is 0 Å². The highest BCUT2D eigenvalue weighted by Gasteiger charge is 2.11. The fourth-order valence-corrected chi connectivity index (χ4v) is 2.71. The van der Waals surface area contributed by atoms with Crippen molar-refractivity contribution in [2.75, 3.05) is 0 Å². The summed E-state index contributed by atoms with van der Waals surface area (Å²) < 4.78 is 1.34. The predicted octanol–water partition coefficient (Wildman–Crippen LogP) is 2.14. The summed E-state index contributed by atoms with van der Waals surface area (Å²) in [6.07, 6.45) is 2.17. The highest BCUT2D eigenvalue weighted by Crippen LogP contribution is 2.05. The molecule has 0 radical (unpaired) electrons. The summed E-state index contributed by atoms with van der Waals surface area (Å²) in [5.41, 5.74) is 1.60. The molecule has 0 aliphatic carbocycles. The summed E-state index contributed by atoms with van der Waals surface area (Å²) in [5.74, 6) is -0.197. The minimum atomic E-state index is -0.202. The number of hydrogen-bond acceptors (Lipinski definition) is 3. The van der Waals surface area contributed by atoms with Crippen molar-refractivity contribution in [1.82, 2.24) is 14.9 Å². The highest BCUT2D eigenvalue weighted by atomic mass is 16.2. The van der Waals surface area contributed by atoms with Crippen molar-refractivity contribution in [3.05, 3.63) is 76.8 Å². The Kier molecular flexibility index (Phi) is 4.70.